The Hall–Kier alpha value is -1.13. The van der Waals surface area contributed by atoms with Crippen LogP contribution in [-0.2, 0) is 11.3 Å². The molecule has 1 fully saturated rings. The van der Waals surface area contributed by atoms with E-state index in [1.807, 2.05) is 0 Å². The lowest BCUT2D eigenvalue weighted by Crippen LogP contribution is -2.36. The maximum Gasteiger partial charge on any atom is 0.220 e. The lowest BCUT2D eigenvalue weighted by atomic mass is 9.85. The maximum absolute atomic E-state index is 12.9. The van der Waals surface area contributed by atoms with Gasteiger partial charge in [-0.15, -0.1) is 0 Å². The fourth-order valence-electron chi connectivity index (χ4n) is 2.50. The standard InChI is InChI=1S/C14H18ClFN2O/c15-13-7-11(16)4-1-10(13)8-18-12-5-2-9(3-6-12)14(17)19/h1,4,7,9,12,18H,2-3,5-6,8H2,(H2,17,19). The van der Waals surface area contributed by atoms with E-state index in [0.29, 0.717) is 17.6 Å². The predicted octanol–water partition coefficient (Wildman–Crippen LogP) is 2.61. The molecule has 0 saturated heterocycles. The molecular formula is C14H18ClFN2O. The summed E-state index contributed by atoms with van der Waals surface area (Å²) in [6.07, 6.45) is 3.55. The summed E-state index contributed by atoms with van der Waals surface area (Å²) in [6.45, 7) is 0.616. The number of carbonyl (C=O) groups excluding carboxylic acids is 1. The highest BCUT2D eigenvalue weighted by Gasteiger charge is 2.24. The van der Waals surface area contributed by atoms with Gasteiger partial charge in [0.15, 0.2) is 0 Å². The quantitative estimate of drug-likeness (QED) is 0.893. The van der Waals surface area contributed by atoms with Crippen LogP contribution in [0.2, 0.25) is 5.02 Å². The molecule has 0 aromatic heterocycles. The summed E-state index contributed by atoms with van der Waals surface area (Å²) in [5.74, 6) is -0.497. The first kappa shape index (κ1) is 14.3. The lowest BCUT2D eigenvalue weighted by molar-refractivity contribution is -0.122. The van der Waals surface area contributed by atoms with E-state index < -0.39 is 0 Å². The van der Waals surface area contributed by atoms with Crippen LogP contribution < -0.4 is 11.1 Å². The van der Waals surface area contributed by atoms with Crippen LogP contribution in [0.1, 0.15) is 31.2 Å². The monoisotopic (exact) mass is 284 g/mol. The molecule has 0 aliphatic heterocycles. The zero-order valence-electron chi connectivity index (χ0n) is 10.7. The van der Waals surface area contributed by atoms with E-state index in [1.54, 1.807) is 6.07 Å². The molecule has 1 aromatic rings. The molecule has 0 radical (unpaired) electrons. The molecule has 0 heterocycles. The zero-order valence-corrected chi connectivity index (χ0v) is 11.4. The molecule has 3 nitrogen and oxygen atoms in total. The maximum atomic E-state index is 12.9. The fourth-order valence-corrected chi connectivity index (χ4v) is 2.74. The molecule has 0 atom stereocenters. The van der Waals surface area contributed by atoms with Gasteiger partial charge >= 0.3 is 0 Å². The highest BCUT2D eigenvalue weighted by molar-refractivity contribution is 6.31. The van der Waals surface area contributed by atoms with Gasteiger partial charge in [0, 0.05) is 23.5 Å². The Bertz CT molecular complexity index is 459. The minimum atomic E-state index is -0.323. The van der Waals surface area contributed by atoms with Crippen molar-refractivity contribution in [3.63, 3.8) is 0 Å². The van der Waals surface area contributed by atoms with Gasteiger partial charge in [0.05, 0.1) is 0 Å². The Morgan fingerprint density at radius 1 is 1.37 bits per heavy atom. The highest BCUT2D eigenvalue weighted by Crippen LogP contribution is 2.24. The molecule has 5 heteroatoms. The topological polar surface area (TPSA) is 55.1 Å². The van der Waals surface area contributed by atoms with Crippen molar-refractivity contribution in [2.75, 3.05) is 0 Å². The zero-order chi connectivity index (χ0) is 13.8. The molecule has 3 N–H and O–H groups in total. The van der Waals surface area contributed by atoms with Crippen LogP contribution in [0.5, 0.6) is 0 Å². The molecule has 0 unspecified atom stereocenters. The minimum Gasteiger partial charge on any atom is -0.369 e. The summed E-state index contributed by atoms with van der Waals surface area (Å²) in [6, 6.07) is 4.80. The molecule has 1 saturated carbocycles. The van der Waals surface area contributed by atoms with Gasteiger partial charge in [0.25, 0.3) is 0 Å². The number of hydrogen-bond acceptors (Lipinski definition) is 2. The van der Waals surface area contributed by atoms with E-state index in [1.165, 1.54) is 12.1 Å². The highest BCUT2D eigenvalue weighted by atomic mass is 35.5. The van der Waals surface area contributed by atoms with Gasteiger partial charge in [-0.05, 0) is 43.4 Å². The van der Waals surface area contributed by atoms with Gasteiger partial charge in [-0.1, -0.05) is 17.7 Å². The molecule has 1 aliphatic rings. The van der Waals surface area contributed by atoms with Crippen molar-refractivity contribution in [3.05, 3.63) is 34.6 Å². The van der Waals surface area contributed by atoms with Crippen molar-refractivity contribution in [2.24, 2.45) is 11.7 Å². The van der Waals surface area contributed by atoms with Gasteiger partial charge in [-0.3, -0.25) is 4.79 Å². The summed E-state index contributed by atoms with van der Waals surface area (Å²) in [5, 5.41) is 3.84. The van der Waals surface area contributed by atoms with Crippen molar-refractivity contribution in [2.45, 2.75) is 38.3 Å². The summed E-state index contributed by atoms with van der Waals surface area (Å²) in [5.41, 5.74) is 6.19. The molecule has 0 bridgehead atoms. The second-order valence-corrected chi connectivity index (χ2v) is 5.47. The number of carbonyl (C=O) groups is 1. The van der Waals surface area contributed by atoms with Crippen LogP contribution in [0.25, 0.3) is 0 Å². The largest absolute Gasteiger partial charge is 0.369 e. The first-order valence-electron chi connectivity index (χ1n) is 6.53. The molecule has 1 amide bonds. The molecule has 0 spiro atoms. The Kier molecular flexibility index (Phi) is 4.77. The first-order valence-corrected chi connectivity index (χ1v) is 6.90. The number of primary amides is 1. The van der Waals surface area contributed by atoms with E-state index >= 15 is 0 Å². The van der Waals surface area contributed by atoms with Crippen LogP contribution >= 0.6 is 11.6 Å². The second-order valence-electron chi connectivity index (χ2n) is 5.07. The molecule has 2 rings (SSSR count). The Morgan fingerprint density at radius 2 is 2.05 bits per heavy atom. The van der Waals surface area contributed by atoms with Crippen LogP contribution in [0.4, 0.5) is 4.39 Å². The SMILES string of the molecule is NC(=O)C1CCC(NCc2ccc(F)cc2Cl)CC1. The average Bonchev–Trinajstić information content (AvgIpc) is 2.38. The Balaban J connectivity index is 1.82. The fraction of sp³-hybridized carbons (Fsp3) is 0.500. The van der Waals surface area contributed by atoms with E-state index in [0.717, 1.165) is 31.2 Å². The summed E-state index contributed by atoms with van der Waals surface area (Å²) in [4.78, 5) is 11.1. The molecule has 19 heavy (non-hydrogen) atoms. The number of hydrogen-bond donors (Lipinski definition) is 2. The van der Waals surface area contributed by atoms with Crippen molar-refractivity contribution in [1.82, 2.24) is 5.32 Å². The van der Waals surface area contributed by atoms with Crippen LogP contribution in [-0.4, -0.2) is 11.9 Å². The Morgan fingerprint density at radius 3 is 2.63 bits per heavy atom. The number of nitrogens with two attached hydrogens (primary N) is 1. The minimum absolute atomic E-state index is 0.0208. The number of rotatable bonds is 4. The summed E-state index contributed by atoms with van der Waals surface area (Å²) < 4.78 is 12.9. The predicted molar refractivity (Wildman–Crippen MR) is 73.2 cm³/mol. The van der Waals surface area contributed by atoms with E-state index in [4.69, 9.17) is 17.3 Å². The second kappa shape index (κ2) is 6.35. The number of halogens is 2. The third kappa shape index (κ3) is 3.91. The van der Waals surface area contributed by atoms with E-state index in [2.05, 4.69) is 5.32 Å². The first-order chi connectivity index (χ1) is 9.06. The van der Waals surface area contributed by atoms with Crippen molar-refractivity contribution < 1.29 is 9.18 Å². The van der Waals surface area contributed by atoms with Crippen LogP contribution in [0.3, 0.4) is 0 Å². The Labute approximate surface area is 117 Å². The van der Waals surface area contributed by atoms with Crippen molar-refractivity contribution >= 4 is 17.5 Å². The third-order valence-corrected chi connectivity index (χ3v) is 4.08. The summed E-state index contributed by atoms with van der Waals surface area (Å²) >= 11 is 5.97. The smallest absolute Gasteiger partial charge is 0.220 e. The average molecular weight is 285 g/mol. The number of amides is 1. The van der Waals surface area contributed by atoms with Gasteiger partial charge in [-0.2, -0.15) is 0 Å². The molecule has 1 aliphatic carbocycles. The van der Waals surface area contributed by atoms with Crippen molar-refractivity contribution in [3.8, 4) is 0 Å². The molecular weight excluding hydrogens is 267 g/mol. The number of nitrogens with one attached hydrogen (secondary N) is 1. The van der Waals surface area contributed by atoms with E-state index in [-0.39, 0.29) is 17.6 Å². The van der Waals surface area contributed by atoms with Gasteiger partial charge < -0.3 is 11.1 Å². The van der Waals surface area contributed by atoms with Gasteiger partial charge in [-0.25, -0.2) is 4.39 Å². The van der Waals surface area contributed by atoms with Crippen molar-refractivity contribution in [1.29, 1.82) is 0 Å². The normalized spacial score (nSPS) is 23.3. The molecule has 104 valence electrons. The van der Waals surface area contributed by atoms with E-state index in [9.17, 15) is 9.18 Å². The van der Waals surface area contributed by atoms with Gasteiger partial charge in [0.2, 0.25) is 5.91 Å². The lowest BCUT2D eigenvalue weighted by Gasteiger charge is -2.27. The summed E-state index contributed by atoms with van der Waals surface area (Å²) in [7, 11) is 0. The third-order valence-electron chi connectivity index (χ3n) is 3.73. The van der Waals surface area contributed by atoms with Crippen LogP contribution in [0, 0.1) is 11.7 Å². The number of benzene rings is 1. The molecule has 1 aromatic carbocycles. The van der Waals surface area contributed by atoms with Gasteiger partial charge in [0.1, 0.15) is 5.82 Å². The van der Waals surface area contributed by atoms with Crippen LogP contribution in [0.15, 0.2) is 18.2 Å².